The summed E-state index contributed by atoms with van der Waals surface area (Å²) in [6, 6.07) is 9.56. The molecule has 3 aromatic rings. The van der Waals surface area contributed by atoms with Crippen molar-refractivity contribution in [1.29, 1.82) is 0 Å². The monoisotopic (exact) mass is 500 g/mol. The van der Waals surface area contributed by atoms with Crippen LogP contribution >= 0.6 is 0 Å². The first-order valence-corrected chi connectivity index (χ1v) is 11.0. The highest BCUT2D eigenvalue weighted by Gasteiger charge is 2.50. The number of para-hydroxylation sites is 1. The van der Waals surface area contributed by atoms with E-state index >= 15 is 0 Å². The van der Waals surface area contributed by atoms with E-state index < -0.39 is 40.9 Å². The van der Waals surface area contributed by atoms with Crippen LogP contribution in [-0.4, -0.2) is 40.8 Å². The molecule has 1 amide bonds. The first kappa shape index (κ1) is 25.0. The number of nitrogens with zero attached hydrogens (tertiary/aromatic N) is 4. The molecule has 2 unspecified atom stereocenters. The Kier molecular flexibility index (Phi) is 6.39. The van der Waals surface area contributed by atoms with Crippen molar-refractivity contribution in [1.82, 2.24) is 15.1 Å². The number of aromatic nitrogens is 2. The maximum absolute atomic E-state index is 13.4. The van der Waals surface area contributed by atoms with E-state index in [4.69, 9.17) is 20.5 Å². The number of amides is 1. The van der Waals surface area contributed by atoms with Gasteiger partial charge in [-0.2, -0.15) is 13.2 Å². The Hall–Kier alpha value is -4.07. The highest BCUT2D eigenvalue weighted by atomic mass is 19.4. The summed E-state index contributed by atoms with van der Waals surface area (Å²) in [4.78, 5) is 17.8. The Balaban J connectivity index is 1.57. The Bertz CT molecular complexity index is 1330. The zero-order valence-corrected chi connectivity index (χ0v) is 20.0. The van der Waals surface area contributed by atoms with E-state index in [-0.39, 0.29) is 24.1 Å². The molecular weight excluding hydrogens is 477 g/mol. The SMILES string of the molecule is [C-]#[N+]c1ccc(OC2C(=O)N(C(C)c3nnc(-c4ccccc4OC)o3)CC2(C)C)cc1C(F)(F)F. The van der Waals surface area contributed by atoms with Crippen molar-refractivity contribution in [3.8, 4) is 23.0 Å². The normalized spacial score (nSPS) is 18.1. The van der Waals surface area contributed by atoms with Gasteiger partial charge in [0.1, 0.15) is 17.5 Å². The number of likely N-dealkylation sites (tertiary alicyclic amines) is 1. The van der Waals surface area contributed by atoms with Crippen molar-refractivity contribution in [3.63, 3.8) is 0 Å². The number of methoxy groups -OCH3 is 1. The number of benzene rings is 2. The number of hydrogen-bond donors (Lipinski definition) is 0. The van der Waals surface area contributed by atoms with Crippen LogP contribution in [0.5, 0.6) is 11.5 Å². The van der Waals surface area contributed by atoms with Gasteiger partial charge in [0.05, 0.1) is 24.8 Å². The van der Waals surface area contributed by atoms with Crippen LogP contribution in [-0.2, 0) is 11.0 Å². The van der Waals surface area contributed by atoms with Crippen LogP contribution in [0.15, 0.2) is 46.9 Å². The lowest BCUT2D eigenvalue weighted by Gasteiger charge is -2.25. The fourth-order valence-corrected chi connectivity index (χ4v) is 4.14. The van der Waals surface area contributed by atoms with Crippen LogP contribution in [0, 0.1) is 12.0 Å². The molecule has 1 saturated heterocycles. The average molecular weight is 500 g/mol. The Morgan fingerprint density at radius 3 is 2.61 bits per heavy atom. The van der Waals surface area contributed by atoms with E-state index in [0.717, 1.165) is 12.1 Å². The molecule has 0 bridgehead atoms. The van der Waals surface area contributed by atoms with Gasteiger partial charge < -0.3 is 18.8 Å². The first-order valence-electron chi connectivity index (χ1n) is 11.0. The largest absolute Gasteiger partial charge is 0.496 e. The van der Waals surface area contributed by atoms with Gasteiger partial charge in [0, 0.05) is 12.0 Å². The lowest BCUT2D eigenvalue weighted by molar-refractivity contribution is -0.137. The van der Waals surface area contributed by atoms with Crippen LogP contribution in [0.1, 0.15) is 38.3 Å². The van der Waals surface area contributed by atoms with E-state index in [0.29, 0.717) is 11.3 Å². The maximum atomic E-state index is 13.4. The third-order valence-electron chi connectivity index (χ3n) is 6.05. The molecule has 1 aromatic heterocycles. The number of rotatable bonds is 6. The van der Waals surface area contributed by atoms with E-state index in [1.165, 1.54) is 18.1 Å². The Labute approximate surface area is 205 Å². The number of carbonyl (C=O) groups excluding carboxylic acids is 1. The molecule has 2 aromatic carbocycles. The predicted octanol–water partition coefficient (Wildman–Crippen LogP) is 5.69. The standard InChI is InChI=1S/C25H23F3N4O4/c1-14(21-30-31-22(36-21)16-8-6-7-9-19(16)34-5)32-13-24(2,3)20(23(32)33)35-15-10-11-18(29-4)17(12-15)25(26,27)28/h6-12,14,20H,13H2,1-3,5H3. The second-order valence-electron chi connectivity index (χ2n) is 9.06. The quantitative estimate of drug-likeness (QED) is 0.405. The molecule has 1 aliphatic rings. The van der Waals surface area contributed by atoms with Crippen LogP contribution in [0.4, 0.5) is 18.9 Å². The predicted molar refractivity (Wildman–Crippen MR) is 122 cm³/mol. The second-order valence-corrected chi connectivity index (χ2v) is 9.06. The number of ether oxygens (including phenoxy) is 2. The Morgan fingerprint density at radius 2 is 1.94 bits per heavy atom. The smallest absolute Gasteiger partial charge is 0.407 e. The van der Waals surface area contributed by atoms with Crippen molar-refractivity contribution in [3.05, 3.63) is 65.3 Å². The summed E-state index contributed by atoms with van der Waals surface area (Å²) >= 11 is 0. The van der Waals surface area contributed by atoms with Gasteiger partial charge in [-0.3, -0.25) is 4.79 Å². The Morgan fingerprint density at radius 1 is 1.22 bits per heavy atom. The van der Waals surface area contributed by atoms with Gasteiger partial charge in [-0.15, -0.1) is 10.2 Å². The minimum absolute atomic E-state index is 0.146. The molecule has 1 aliphatic heterocycles. The van der Waals surface area contributed by atoms with E-state index in [9.17, 15) is 18.0 Å². The average Bonchev–Trinajstić information content (AvgIpc) is 3.42. The molecule has 2 heterocycles. The van der Waals surface area contributed by atoms with E-state index in [2.05, 4.69) is 15.0 Å². The zero-order chi connectivity index (χ0) is 26.3. The highest BCUT2D eigenvalue weighted by molar-refractivity contribution is 5.85. The van der Waals surface area contributed by atoms with Crippen LogP contribution < -0.4 is 9.47 Å². The van der Waals surface area contributed by atoms with Crippen molar-refractivity contribution in [2.24, 2.45) is 5.41 Å². The molecule has 2 atom stereocenters. The highest BCUT2D eigenvalue weighted by Crippen LogP contribution is 2.42. The summed E-state index contributed by atoms with van der Waals surface area (Å²) in [6.45, 7) is 12.5. The lowest BCUT2D eigenvalue weighted by Crippen LogP contribution is -2.37. The van der Waals surface area contributed by atoms with Crippen molar-refractivity contribution >= 4 is 11.6 Å². The van der Waals surface area contributed by atoms with Gasteiger partial charge in [0.2, 0.25) is 5.89 Å². The second kappa shape index (κ2) is 9.18. The molecule has 0 radical (unpaired) electrons. The van der Waals surface area contributed by atoms with Gasteiger partial charge in [0.25, 0.3) is 11.8 Å². The van der Waals surface area contributed by atoms with Gasteiger partial charge in [-0.1, -0.05) is 32.0 Å². The van der Waals surface area contributed by atoms with Crippen LogP contribution in [0.25, 0.3) is 16.3 Å². The summed E-state index contributed by atoms with van der Waals surface area (Å²) in [5.41, 5.74) is -1.79. The minimum atomic E-state index is -4.73. The topological polar surface area (TPSA) is 82.0 Å². The van der Waals surface area contributed by atoms with Crippen molar-refractivity contribution in [2.45, 2.75) is 39.1 Å². The molecule has 0 aliphatic carbocycles. The molecule has 1 fully saturated rings. The van der Waals surface area contributed by atoms with E-state index in [1.807, 2.05) is 0 Å². The molecule has 0 spiro atoms. The molecular formula is C25H23F3N4O4. The van der Waals surface area contributed by atoms with Gasteiger partial charge >= 0.3 is 6.18 Å². The summed E-state index contributed by atoms with van der Waals surface area (Å²) in [5.74, 6) is 0.406. The first-order chi connectivity index (χ1) is 17.0. The molecule has 11 heteroatoms. The van der Waals surface area contributed by atoms with Gasteiger partial charge in [-0.25, -0.2) is 4.85 Å². The lowest BCUT2D eigenvalue weighted by atomic mass is 9.89. The molecule has 8 nitrogen and oxygen atoms in total. The number of hydrogen-bond acceptors (Lipinski definition) is 6. The number of carbonyl (C=O) groups is 1. The summed E-state index contributed by atoms with van der Waals surface area (Å²) in [6.07, 6.45) is -5.79. The zero-order valence-electron chi connectivity index (χ0n) is 20.0. The third kappa shape index (κ3) is 4.58. The molecule has 0 N–H and O–H groups in total. The molecule has 0 saturated carbocycles. The molecule has 4 rings (SSSR count). The fraction of sp³-hybridized carbons (Fsp3) is 0.360. The third-order valence-corrected chi connectivity index (χ3v) is 6.05. The molecule has 36 heavy (non-hydrogen) atoms. The number of halogens is 3. The van der Waals surface area contributed by atoms with Crippen LogP contribution in [0.2, 0.25) is 0 Å². The van der Waals surface area contributed by atoms with Crippen LogP contribution in [0.3, 0.4) is 0 Å². The minimum Gasteiger partial charge on any atom is -0.496 e. The van der Waals surface area contributed by atoms with Gasteiger partial charge in [-0.05, 0) is 31.2 Å². The summed E-state index contributed by atoms with van der Waals surface area (Å²) in [7, 11) is 1.52. The maximum Gasteiger partial charge on any atom is 0.407 e. The van der Waals surface area contributed by atoms with Crippen molar-refractivity contribution < 1.29 is 31.9 Å². The number of alkyl halides is 3. The van der Waals surface area contributed by atoms with Crippen molar-refractivity contribution in [2.75, 3.05) is 13.7 Å². The van der Waals surface area contributed by atoms with E-state index in [1.54, 1.807) is 45.0 Å². The fourth-order valence-electron chi connectivity index (χ4n) is 4.14. The summed E-state index contributed by atoms with van der Waals surface area (Å²) < 4.78 is 57.1. The molecule has 188 valence electrons. The van der Waals surface area contributed by atoms with Gasteiger partial charge in [0.15, 0.2) is 11.8 Å². The summed E-state index contributed by atoms with van der Waals surface area (Å²) in [5, 5.41) is 8.19.